The summed E-state index contributed by atoms with van der Waals surface area (Å²) in [4.78, 5) is 13.7. The lowest BCUT2D eigenvalue weighted by Crippen LogP contribution is -2.61. The molecule has 0 radical (unpaired) electrons. The second-order valence-corrected chi connectivity index (χ2v) is 5.31. The number of furan rings is 1. The van der Waals surface area contributed by atoms with Crippen molar-refractivity contribution in [3.05, 3.63) is 35.6 Å². The average molecular weight is 245 g/mol. The van der Waals surface area contributed by atoms with Crippen molar-refractivity contribution in [3.63, 3.8) is 0 Å². The zero-order valence-corrected chi connectivity index (χ0v) is 10.4. The molecule has 4 nitrogen and oxygen atoms in total. The average Bonchev–Trinajstić information content (AvgIpc) is 2.67. The first-order valence-electron chi connectivity index (χ1n) is 5.96. The van der Waals surface area contributed by atoms with Crippen LogP contribution in [-0.2, 0) is 0 Å². The summed E-state index contributed by atoms with van der Waals surface area (Å²) in [6, 6.07) is 7.57. The van der Waals surface area contributed by atoms with E-state index in [1.54, 1.807) is 17.9 Å². The summed E-state index contributed by atoms with van der Waals surface area (Å²) in [5.41, 5.74) is 1.10. The fraction of sp³-hybridized carbons (Fsp3) is 0.357. The predicted octanol–water partition coefficient (Wildman–Crippen LogP) is 1.95. The van der Waals surface area contributed by atoms with Crippen molar-refractivity contribution in [1.82, 2.24) is 4.90 Å². The van der Waals surface area contributed by atoms with E-state index in [4.69, 9.17) is 4.42 Å². The van der Waals surface area contributed by atoms with Gasteiger partial charge >= 0.3 is 0 Å². The molecule has 2 heterocycles. The molecule has 1 amide bonds. The van der Waals surface area contributed by atoms with Gasteiger partial charge in [0.2, 0.25) is 0 Å². The first-order chi connectivity index (χ1) is 8.44. The molecular formula is C14H15NO3. The Morgan fingerprint density at radius 1 is 1.39 bits per heavy atom. The summed E-state index contributed by atoms with van der Waals surface area (Å²) >= 11 is 0. The molecule has 1 N–H and O–H groups in total. The van der Waals surface area contributed by atoms with E-state index in [9.17, 15) is 9.90 Å². The molecule has 1 aromatic carbocycles. The number of β-amino-alcohol motifs (C(OH)–C–C–N with tert-alkyl or cyclic N) is 1. The quantitative estimate of drug-likeness (QED) is 0.835. The highest BCUT2D eigenvalue weighted by molar-refractivity contribution is 5.96. The Labute approximate surface area is 105 Å². The van der Waals surface area contributed by atoms with E-state index < -0.39 is 5.60 Å². The highest BCUT2D eigenvalue weighted by Gasteiger charge is 2.40. The van der Waals surface area contributed by atoms with E-state index in [-0.39, 0.29) is 5.91 Å². The van der Waals surface area contributed by atoms with Gasteiger partial charge < -0.3 is 14.4 Å². The number of fused-ring (bicyclic) bond motifs is 1. The largest absolute Gasteiger partial charge is 0.451 e. The molecule has 1 aromatic heterocycles. The van der Waals surface area contributed by atoms with Crippen LogP contribution in [0, 0.1) is 6.92 Å². The Hall–Kier alpha value is -1.81. The van der Waals surface area contributed by atoms with Crippen molar-refractivity contribution >= 4 is 16.9 Å². The molecule has 3 rings (SSSR count). The molecule has 0 spiro atoms. The van der Waals surface area contributed by atoms with Crippen molar-refractivity contribution < 1.29 is 14.3 Å². The number of rotatable bonds is 1. The third-order valence-corrected chi connectivity index (χ3v) is 3.23. The minimum absolute atomic E-state index is 0.157. The molecule has 1 aliphatic heterocycles. The fourth-order valence-electron chi connectivity index (χ4n) is 2.34. The summed E-state index contributed by atoms with van der Waals surface area (Å²) < 4.78 is 5.54. The monoisotopic (exact) mass is 245 g/mol. The van der Waals surface area contributed by atoms with Gasteiger partial charge in [-0.15, -0.1) is 0 Å². The first-order valence-corrected chi connectivity index (χ1v) is 5.96. The maximum atomic E-state index is 12.1. The molecule has 0 unspecified atom stereocenters. The van der Waals surface area contributed by atoms with Crippen LogP contribution < -0.4 is 0 Å². The summed E-state index contributed by atoms with van der Waals surface area (Å²) in [5.74, 6) is 0.182. The minimum atomic E-state index is -0.752. The van der Waals surface area contributed by atoms with Gasteiger partial charge in [-0.2, -0.15) is 0 Å². The summed E-state index contributed by atoms with van der Waals surface area (Å²) in [6.45, 7) is 4.45. The number of aryl methyl sites for hydroxylation is 1. The van der Waals surface area contributed by atoms with E-state index in [1.807, 2.05) is 25.1 Å². The van der Waals surface area contributed by atoms with Gasteiger partial charge in [0.15, 0.2) is 5.76 Å². The van der Waals surface area contributed by atoms with Crippen LogP contribution in [0.3, 0.4) is 0 Å². The van der Waals surface area contributed by atoms with E-state index in [1.165, 1.54) is 0 Å². The fourth-order valence-corrected chi connectivity index (χ4v) is 2.34. The van der Waals surface area contributed by atoms with Crippen LogP contribution in [-0.4, -0.2) is 34.6 Å². The smallest absolute Gasteiger partial charge is 0.289 e. The van der Waals surface area contributed by atoms with E-state index in [0.29, 0.717) is 18.8 Å². The Morgan fingerprint density at radius 2 is 2.11 bits per heavy atom. The minimum Gasteiger partial charge on any atom is -0.451 e. The Bertz CT molecular complexity index is 619. The standard InChI is InChI=1S/C14H15NO3/c1-9-3-4-11-10(5-9)6-12(18-11)13(16)15-7-14(2,17)8-15/h3-6,17H,7-8H2,1-2H3. The van der Waals surface area contributed by atoms with Crippen LogP contribution >= 0.6 is 0 Å². The molecule has 1 aliphatic rings. The molecule has 1 saturated heterocycles. The van der Waals surface area contributed by atoms with Gasteiger partial charge in [0.25, 0.3) is 5.91 Å². The third-order valence-electron chi connectivity index (χ3n) is 3.23. The van der Waals surface area contributed by atoms with Crippen molar-refractivity contribution in [3.8, 4) is 0 Å². The number of nitrogens with zero attached hydrogens (tertiary/aromatic N) is 1. The first kappa shape index (κ1) is 11.3. The second-order valence-electron chi connectivity index (χ2n) is 5.31. The van der Waals surface area contributed by atoms with Gasteiger partial charge in [0, 0.05) is 5.39 Å². The maximum Gasteiger partial charge on any atom is 0.289 e. The van der Waals surface area contributed by atoms with Crippen molar-refractivity contribution in [2.45, 2.75) is 19.4 Å². The number of hydrogen-bond acceptors (Lipinski definition) is 3. The topological polar surface area (TPSA) is 53.7 Å². The van der Waals surface area contributed by atoms with Crippen LogP contribution in [0.4, 0.5) is 0 Å². The Balaban J connectivity index is 1.88. The zero-order chi connectivity index (χ0) is 12.9. The number of hydrogen-bond donors (Lipinski definition) is 1. The number of aliphatic hydroxyl groups is 1. The van der Waals surface area contributed by atoms with E-state index in [2.05, 4.69) is 0 Å². The number of carbonyl (C=O) groups excluding carboxylic acids is 1. The molecule has 0 bridgehead atoms. The molecule has 0 aliphatic carbocycles. The molecular weight excluding hydrogens is 230 g/mol. The second kappa shape index (κ2) is 3.59. The molecule has 1 fully saturated rings. The molecule has 4 heteroatoms. The van der Waals surface area contributed by atoms with Gasteiger partial charge in [-0.25, -0.2) is 0 Å². The van der Waals surface area contributed by atoms with Gasteiger partial charge in [-0.1, -0.05) is 11.6 Å². The van der Waals surface area contributed by atoms with Gasteiger partial charge in [-0.05, 0) is 32.0 Å². The molecule has 18 heavy (non-hydrogen) atoms. The summed E-state index contributed by atoms with van der Waals surface area (Å²) in [5, 5.41) is 10.6. The lowest BCUT2D eigenvalue weighted by atomic mass is 9.97. The Morgan fingerprint density at radius 3 is 2.78 bits per heavy atom. The van der Waals surface area contributed by atoms with Crippen LogP contribution in [0.1, 0.15) is 23.0 Å². The highest BCUT2D eigenvalue weighted by atomic mass is 16.3. The highest BCUT2D eigenvalue weighted by Crippen LogP contribution is 2.26. The predicted molar refractivity (Wildman–Crippen MR) is 67.5 cm³/mol. The number of benzene rings is 1. The lowest BCUT2D eigenvalue weighted by Gasteiger charge is -2.43. The SMILES string of the molecule is Cc1ccc2oc(C(=O)N3CC(C)(O)C3)cc2c1. The van der Waals surface area contributed by atoms with Gasteiger partial charge in [0.1, 0.15) is 5.58 Å². The normalized spacial score (nSPS) is 17.8. The van der Waals surface area contributed by atoms with Crippen LogP contribution in [0.5, 0.6) is 0 Å². The van der Waals surface area contributed by atoms with Gasteiger partial charge in [-0.3, -0.25) is 4.79 Å². The van der Waals surface area contributed by atoms with Crippen molar-refractivity contribution in [2.75, 3.05) is 13.1 Å². The van der Waals surface area contributed by atoms with E-state index in [0.717, 1.165) is 16.5 Å². The van der Waals surface area contributed by atoms with Crippen molar-refractivity contribution in [2.24, 2.45) is 0 Å². The number of carbonyl (C=O) groups is 1. The molecule has 94 valence electrons. The number of likely N-dealkylation sites (tertiary alicyclic amines) is 1. The Kier molecular flexibility index (Phi) is 2.25. The van der Waals surface area contributed by atoms with Crippen LogP contribution in [0.15, 0.2) is 28.7 Å². The van der Waals surface area contributed by atoms with Crippen molar-refractivity contribution in [1.29, 1.82) is 0 Å². The number of amides is 1. The van der Waals surface area contributed by atoms with Crippen LogP contribution in [0.2, 0.25) is 0 Å². The maximum absolute atomic E-state index is 12.1. The van der Waals surface area contributed by atoms with Gasteiger partial charge in [0.05, 0.1) is 18.7 Å². The molecule has 0 atom stereocenters. The van der Waals surface area contributed by atoms with Crippen LogP contribution in [0.25, 0.3) is 11.0 Å². The molecule has 2 aromatic rings. The molecule has 0 saturated carbocycles. The van der Waals surface area contributed by atoms with E-state index >= 15 is 0 Å². The summed E-state index contributed by atoms with van der Waals surface area (Å²) in [7, 11) is 0. The summed E-state index contributed by atoms with van der Waals surface area (Å²) in [6.07, 6.45) is 0. The third kappa shape index (κ3) is 1.78. The zero-order valence-electron chi connectivity index (χ0n) is 10.4. The lowest BCUT2D eigenvalue weighted by molar-refractivity contribution is -0.0677.